The fourth-order valence-electron chi connectivity index (χ4n) is 4.69. The van der Waals surface area contributed by atoms with Crippen molar-refractivity contribution in [3.8, 4) is 11.1 Å². The molecule has 168 valence electrons. The van der Waals surface area contributed by atoms with E-state index >= 15 is 0 Å². The number of hydrogen-bond acceptors (Lipinski definition) is 3. The van der Waals surface area contributed by atoms with E-state index in [1.54, 1.807) is 12.1 Å². The van der Waals surface area contributed by atoms with E-state index in [0.29, 0.717) is 5.56 Å². The summed E-state index contributed by atoms with van der Waals surface area (Å²) in [6, 6.07) is 15.3. The first-order valence-electron chi connectivity index (χ1n) is 12.0. The minimum absolute atomic E-state index is 0.326. The first-order valence-corrected chi connectivity index (χ1v) is 12.0. The van der Waals surface area contributed by atoms with Gasteiger partial charge in [0.15, 0.2) is 5.82 Å². The predicted molar refractivity (Wildman–Crippen MR) is 127 cm³/mol. The summed E-state index contributed by atoms with van der Waals surface area (Å²) >= 11 is 0. The number of aryl methyl sites for hydroxylation is 1. The second-order valence-corrected chi connectivity index (χ2v) is 8.95. The van der Waals surface area contributed by atoms with Crippen molar-refractivity contribution < 1.29 is 9.90 Å². The van der Waals surface area contributed by atoms with Gasteiger partial charge in [-0.05, 0) is 35.1 Å². The van der Waals surface area contributed by atoms with Gasteiger partial charge in [-0.15, -0.1) is 0 Å². The van der Waals surface area contributed by atoms with Crippen LogP contribution < -0.4 is 0 Å². The smallest absolute Gasteiger partial charge is 0.336 e. The molecule has 3 aromatic rings. The van der Waals surface area contributed by atoms with Crippen molar-refractivity contribution in [2.75, 3.05) is 0 Å². The lowest BCUT2D eigenvalue weighted by atomic mass is 9.87. The summed E-state index contributed by atoms with van der Waals surface area (Å²) < 4.78 is 2.11. The molecule has 32 heavy (non-hydrogen) atoms. The third-order valence-electron chi connectivity index (χ3n) is 6.50. The van der Waals surface area contributed by atoms with Gasteiger partial charge in [0.1, 0.15) is 5.82 Å². The van der Waals surface area contributed by atoms with E-state index in [0.717, 1.165) is 66.5 Å². The first-order chi connectivity index (χ1) is 15.6. The Morgan fingerprint density at radius 1 is 1.06 bits per heavy atom. The van der Waals surface area contributed by atoms with Gasteiger partial charge < -0.3 is 5.11 Å². The van der Waals surface area contributed by atoms with E-state index in [1.807, 2.05) is 24.3 Å². The van der Waals surface area contributed by atoms with Gasteiger partial charge in [-0.1, -0.05) is 87.9 Å². The molecule has 0 atom stereocenters. The Kier molecular flexibility index (Phi) is 7.35. The Morgan fingerprint density at radius 2 is 1.81 bits per heavy atom. The van der Waals surface area contributed by atoms with Gasteiger partial charge in [0.2, 0.25) is 0 Å². The molecule has 1 saturated carbocycles. The number of unbranched alkanes of at least 4 members (excludes halogenated alkanes) is 1. The quantitative estimate of drug-likeness (QED) is 0.441. The molecular formula is C27H33N3O2. The molecule has 1 N–H and O–H groups in total. The molecule has 0 saturated heterocycles. The van der Waals surface area contributed by atoms with Gasteiger partial charge in [0.05, 0.1) is 5.56 Å². The highest BCUT2D eigenvalue weighted by atomic mass is 16.4. The Labute approximate surface area is 190 Å². The Bertz CT molecular complexity index is 1030. The molecule has 0 aliphatic heterocycles. The van der Waals surface area contributed by atoms with Crippen LogP contribution >= 0.6 is 0 Å². The van der Waals surface area contributed by atoms with Crippen molar-refractivity contribution in [3.05, 3.63) is 71.3 Å². The average Bonchev–Trinajstić information content (AvgIpc) is 3.19. The molecule has 5 nitrogen and oxygen atoms in total. The number of aromatic nitrogens is 3. The molecule has 0 spiro atoms. The van der Waals surface area contributed by atoms with Crippen molar-refractivity contribution in [1.82, 2.24) is 14.8 Å². The first kappa shape index (κ1) is 22.3. The molecule has 2 aromatic carbocycles. The molecule has 1 aromatic heterocycles. The largest absolute Gasteiger partial charge is 0.478 e. The zero-order valence-electron chi connectivity index (χ0n) is 19.0. The normalized spacial score (nSPS) is 14.5. The van der Waals surface area contributed by atoms with E-state index in [4.69, 9.17) is 10.1 Å². The van der Waals surface area contributed by atoms with Gasteiger partial charge in [0, 0.05) is 19.4 Å². The molecule has 0 amide bonds. The summed E-state index contributed by atoms with van der Waals surface area (Å²) in [4.78, 5) is 16.5. The molecule has 1 aliphatic carbocycles. The average molecular weight is 432 g/mol. The third kappa shape index (κ3) is 5.45. The van der Waals surface area contributed by atoms with Crippen molar-refractivity contribution in [2.24, 2.45) is 5.92 Å². The van der Waals surface area contributed by atoms with Crippen LogP contribution in [0.25, 0.3) is 11.1 Å². The minimum Gasteiger partial charge on any atom is -0.478 e. The standard InChI is InChI=1S/C27H33N3O2/c1-2-3-17-30-26(28-25(29-30)18-20-9-5-4-6-10-20)19-21-13-15-22(16-14-21)23-11-7-8-12-24(23)27(31)32/h7-8,11-16,20H,2-6,9-10,17-19H2,1H3,(H,31,32). The van der Waals surface area contributed by atoms with Gasteiger partial charge in [-0.3, -0.25) is 0 Å². The van der Waals surface area contributed by atoms with E-state index in [2.05, 4.69) is 23.7 Å². The maximum Gasteiger partial charge on any atom is 0.336 e. The number of nitrogens with zero attached hydrogens (tertiary/aromatic N) is 3. The van der Waals surface area contributed by atoms with Crippen molar-refractivity contribution in [2.45, 2.75) is 71.3 Å². The maximum absolute atomic E-state index is 11.6. The highest BCUT2D eigenvalue weighted by Gasteiger charge is 2.18. The molecular weight excluding hydrogens is 398 g/mol. The molecule has 1 fully saturated rings. The lowest BCUT2D eigenvalue weighted by Gasteiger charge is -2.19. The second-order valence-electron chi connectivity index (χ2n) is 8.95. The number of rotatable bonds is 9. The Hall–Kier alpha value is -2.95. The molecule has 1 aliphatic rings. The van der Waals surface area contributed by atoms with E-state index in [1.165, 1.54) is 32.1 Å². The molecule has 4 rings (SSSR count). The topological polar surface area (TPSA) is 68.0 Å². The Morgan fingerprint density at radius 3 is 2.53 bits per heavy atom. The van der Waals surface area contributed by atoms with Crippen LogP contribution in [0.3, 0.4) is 0 Å². The zero-order chi connectivity index (χ0) is 22.3. The molecule has 0 radical (unpaired) electrons. The number of carboxylic acid groups (broad SMARTS) is 1. The summed E-state index contributed by atoms with van der Waals surface area (Å²) in [6.45, 7) is 3.11. The second kappa shape index (κ2) is 10.6. The van der Waals surface area contributed by atoms with Gasteiger partial charge >= 0.3 is 5.97 Å². The van der Waals surface area contributed by atoms with Crippen LogP contribution in [0.1, 0.15) is 79.4 Å². The lowest BCUT2D eigenvalue weighted by Crippen LogP contribution is -2.10. The van der Waals surface area contributed by atoms with Gasteiger partial charge in [0.25, 0.3) is 0 Å². The molecule has 0 unspecified atom stereocenters. The third-order valence-corrected chi connectivity index (χ3v) is 6.50. The highest BCUT2D eigenvalue weighted by molar-refractivity contribution is 5.95. The number of aromatic carboxylic acids is 1. The van der Waals surface area contributed by atoms with Crippen molar-refractivity contribution in [1.29, 1.82) is 0 Å². The number of carbonyl (C=O) groups is 1. The van der Waals surface area contributed by atoms with E-state index < -0.39 is 5.97 Å². The van der Waals surface area contributed by atoms with Crippen LogP contribution in [0, 0.1) is 5.92 Å². The fraction of sp³-hybridized carbons (Fsp3) is 0.444. The summed E-state index contributed by atoms with van der Waals surface area (Å²) in [5.74, 6) is 1.85. The molecule has 5 heteroatoms. The SMILES string of the molecule is CCCCn1nc(CC2CCCCC2)nc1Cc1ccc(-c2ccccc2C(=O)O)cc1. The Balaban J connectivity index is 1.52. The maximum atomic E-state index is 11.6. The summed E-state index contributed by atoms with van der Waals surface area (Å²) in [5, 5.41) is 14.4. The van der Waals surface area contributed by atoms with E-state index in [9.17, 15) is 9.90 Å². The van der Waals surface area contributed by atoms with Crippen LogP contribution in [0.4, 0.5) is 0 Å². The van der Waals surface area contributed by atoms with Gasteiger partial charge in [-0.25, -0.2) is 14.5 Å². The van der Waals surface area contributed by atoms with E-state index in [-0.39, 0.29) is 0 Å². The summed E-state index contributed by atoms with van der Waals surface area (Å²) in [5.41, 5.74) is 3.15. The van der Waals surface area contributed by atoms with Crippen LogP contribution in [0.15, 0.2) is 48.5 Å². The highest BCUT2D eigenvalue weighted by Crippen LogP contribution is 2.27. The monoisotopic (exact) mass is 431 g/mol. The predicted octanol–water partition coefficient (Wildman–Crippen LogP) is 6.16. The molecule has 1 heterocycles. The van der Waals surface area contributed by atoms with Crippen LogP contribution in [-0.2, 0) is 19.4 Å². The molecule has 0 bridgehead atoms. The zero-order valence-corrected chi connectivity index (χ0v) is 19.0. The van der Waals surface area contributed by atoms with Crippen molar-refractivity contribution >= 4 is 5.97 Å². The number of carboxylic acids is 1. The van der Waals surface area contributed by atoms with Crippen LogP contribution in [-0.4, -0.2) is 25.8 Å². The van der Waals surface area contributed by atoms with Crippen LogP contribution in [0.2, 0.25) is 0 Å². The van der Waals surface area contributed by atoms with Crippen LogP contribution in [0.5, 0.6) is 0 Å². The summed E-state index contributed by atoms with van der Waals surface area (Å²) in [7, 11) is 0. The van der Waals surface area contributed by atoms with Gasteiger partial charge in [-0.2, -0.15) is 5.10 Å². The lowest BCUT2D eigenvalue weighted by molar-refractivity contribution is 0.0697. The number of hydrogen-bond donors (Lipinski definition) is 1. The van der Waals surface area contributed by atoms with Crippen molar-refractivity contribution in [3.63, 3.8) is 0 Å². The number of benzene rings is 2. The summed E-state index contributed by atoms with van der Waals surface area (Å²) in [6.07, 6.45) is 10.6. The fourth-order valence-corrected chi connectivity index (χ4v) is 4.69. The minimum atomic E-state index is -0.904.